The van der Waals surface area contributed by atoms with E-state index in [9.17, 15) is 9.59 Å². The Morgan fingerprint density at radius 1 is 0.800 bits per heavy atom. The number of rotatable bonds is 4. The summed E-state index contributed by atoms with van der Waals surface area (Å²) in [5, 5.41) is 3.18. The van der Waals surface area contributed by atoms with Crippen molar-refractivity contribution in [2.75, 3.05) is 10.2 Å². The topological polar surface area (TPSA) is 71.5 Å². The highest BCUT2D eigenvalue weighted by molar-refractivity contribution is 6.38. The first kappa shape index (κ1) is 25.6. The van der Waals surface area contributed by atoms with Crippen molar-refractivity contribution in [1.29, 1.82) is 0 Å². The average molecular weight is 566 g/mol. The molecule has 1 aliphatic heterocycles. The smallest absolute Gasteiger partial charge is 0.260 e. The van der Waals surface area contributed by atoms with Crippen molar-refractivity contribution >= 4 is 46.4 Å². The van der Waals surface area contributed by atoms with Gasteiger partial charge in [0.05, 0.1) is 33.5 Å². The molecular weight excluding hydrogens is 545 g/mol. The van der Waals surface area contributed by atoms with Crippen LogP contribution in [0, 0.1) is 0 Å². The lowest BCUT2D eigenvalue weighted by molar-refractivity contribution is 0.0984. The number of para-hydroxylation sites is 2. The lowest BCUT2D eigenvalue weighted by Gasteiger charge is -2.23. The number of fused-ring (bicyclic) bond motifs is 2. The van der Waals surface area contributed by atoms with Gasteiger partial charge in [0.2, 0.25) is 5.88 Å². The summed E-state index contributed by atoms with van der Waals surface area (Å²) < 4.78 is 6.01. The summed E-state index contributed by atoms with van der Waals surface area (Å²) in [6, 6.07) is 30.8. The Balaban J connectivity index is 1.31. The Hall–Kier alpha value is -4.65. The van der Waals surface area contributed by atoms with Gasteiger partial charge >= 0.3 is 0 Å². The standard InChI is InChI=1S/C32H21Cl2N3O3/c33-25-18-27(36-30(38)23-13-5-4-12-22(23)20-9-2-1-3-10-20)26(34)17-24(25)32(39)37-19-21-11-8-16-35-31(21)40-29-15-7-6-14-28(29)37/h1-18H,19H2,(H,36,38). The molecule has 0 unspecified atom stereocenters. The third-order valence-corrected chi connectivity index (χ3v) is 7.20. The number of halogens is 2. The van der Waals surface area contributed by atoms with Crippen molar-refractivity contribution < 1.29 is 14.3 Å². The van der Waals surface area contributed by atoms with Crippen LogP contribution < -0.4 is 15.0 Å². The number of pyridine rings is 1. The van der Waals surface area contributed by atoms with Gasteiger partial charge in [-0.05, 0) is 47.5 Å². The van der Waals surface area contributed by atoms with E-state index in [4.69, 9.17) is 27.9 Å². The minimum absolute atomic E-state index is 0.148. The highest BCUT2D eigenvalue weighted by Crippen LogP contribution is 2.40. The molecule has 0 atom stereocenters. The first-order chi connectivity index (χ1) is 19.5. The number of aromatic nitrogens is 1. The Labute approximate surface area is 240 Å². The summed E-state index contributed by atoms with van der Waals surface area (Å²) >= 11 is 13.2. The molecule has 0 fully saturated rings. The van der Waals surface area contributed by atoms with Crippen LogP contribution in [-0.4, -0.2) is 16.8 Å². The van der Waals surface area contributed by atoms with Crippen molar-refractivity contribution in [3.8, 4) is 22.8 Å². The molecule has 1 aromatic heterocycles. The second-order valence-corrected chi connectivity index (χ2v) is 9.92. The SMILES string of the molecule is O=C(Nc1cc(Cl)c(C(=O)N2Cc3cccnc3Oc3ccccc32)cc1Cl)c1ccccc1-c1ccccc1. The van der Waals surface area contributed by atoms with Gasteiger partial charge in [0.15, 0.2) is 5.75 Å². The first-order valence-electron chi connectivity index (χ1n) is 12.5. The van der Waals surface area contributed by atoms with Crippen molar-refractivity contribution in [1.82, 2.24) is 4.98 Å². The fourth-order valence-corrected chi connectivity index (χ4v) is 5.09. The van der Waals surface area contributed by atoms with E-state index < -0.39 is 0 Å². The number of anilines is 2. The number of nitrogens with zero attached hydrogens (tertiary/aromatic N) is 2. The Morgan fingerprint density at radius 3 is 2.40 bits per heavy atom. The van der Waals surface area contributed by atoms with Gasteiger partial charge < -0.3 is 15.0 Å². The monoisotopic (exact) mass is 565 g/mol. The summed E-state index contributed by atoms with van der Waals surface area (Å²) in [4.78, 5) is 33.1. The summed E-state index contributed by atoms with van der Waals surface area (Å²) in [7, 11) is 0. The van der Waals surface area contributed by atoms with Gasteiger partial charge in [-0.1, -0.05) is 89.9 Å². The van der Waals surface area contributed by atoms with E-state index in [2.05, 4.69) is 10.3 Å². The van der Waals surface area contributed by atoms with Crippen molar-refractivity contribution in [2.45, 2.75) is 6.54 Å². The molecule has 0 spiro atoms. The van der Waals surface area contributed by atoms with Crippen LogP contribution in [0.25, 0.3) is 11.1 Å². The first-order valence-corrected chi connectivity index (χ1v) is 13.2. The van der Waals surface area contributed by atoms with Crippen LogP contribution in [0.3, 0.4) is 0 Å². The minimum atomic E-state index is -0.369. The van der Waals surface area contributed by atoms with Gasteiger partial charge in [-0.25, -0.2) is 4.98 Å². The van der Waals surface area contributed by atoms with Gasteiger partial charge in [-0.3, -0.25) is 9.59 Å². The molecule has 6 nitrogen and oxygen atoms in total. The number of carbonyl (C=O) groups is 2. The molecule has 6 rings (SSSR count). The maximum Gasteiger partial charge on any atom is 0.260 e. The molecule has 0 saturated carbocycles. The van der Waals surface area contributed by atoms with E-state index >= 15 is 0 Å². The molecule has 196 valence electrons. The lowest BCUT2D eigenvalue weighted by Crippen LogP contribution is -2.30. The highest BCUT2D eigenvalue weighted by Gasteiger charge is 2.28. The van der Waals surface area contributed by atoms with E-state index in [1.54, 1.807) is 41.4 Å². The molecule has 8 heteroatoms. The van der Waals surface area contributed by atoms with E-state index in [-0.39, 0.29) is 34.0 Å². The second-order valence-electron chi connectivity index (χ2n) is 9.11. The number of ether oxygens (including phenoxy) is 1. The summed E-state index contributed by atoms with van der Waals surface area (Å²) in [5.41, 5.74) is 3.99. The van der Waals surface area contributed by atoms with Crippen LogP contribution in [0.15, 0.2) is 109 Å². The zero-order valence-corrected chi connectivity index (χ0v) is 22.5. The van der Waals surface area contributed by atoms with Gasteiger partial charge in [-0.2, -0.15) is 0 Å². The van der Waals surface area contributed by atoms with E-state index in [1.165, 1.54) is 12.1 Å². The molecule has 2 amide bonds. The Morgan fingerprint density at radius 2 is 1.55 bits per heavy atom. The maximum absolute atomic E-state index is 13.9. The zero-order chi connectivity index (χ0) is 27.6. The third kappa shape index (κ3) is 4.91. The van der Waals surface area contributed by atoms with Gasteiger partial charge in [0.25, 0.3) is 11.8 Å². The summed E-state index contributed by atoms with van der Waals surface area (Å²) in [6.07, 6.45) is 1.64. The zero-order valence-electron chi connectivity index (χ0n) is 21.0. The molecule has 1 N–H and O–H groups in total. The lowest BCUT2D eigenvalue weighted by atomic mass is 9.99. The summed E-state index contributed by atoms with van der Waals surface area (Å²) in [5.74, 6) is 0.214. The Kier molecular flexibility index (Phi) is 6.95. The number of nitrogens with one attached hydrogen (secondary N) is 1. The molecule has 0 radical (unpaired) electrons. The number of benzene rings is 4. The molecule has 0 saturated heterocycles. The predicted molar refractivity (Wildman–Crippen MR) is 158 cm³/mol. The molecular formula is C32H21Cl2N3O3. The van der Waals surface area contributed by atoms with E-state index in [0.717, 1.165) is 16.7 Å². The van der Waals surface area contributed by atoms with Gasteiger partial charge in [-0.15, -0.1) is 0 Å². The van der Waals surface area contributed by atoms with Crippen LogP contribution in [0.1, 0.15) is 26.3 Å². The average Bonchev–Trinajstić information content (AvgIpc) is 3.16. The van der Waals surface area contributed by atoms with Gasteiger partial charge in [0.1, 0.15) is 0 Å². The number of amides is 2. The number of hydrogen-bond acceptors (Lipinski definition) is 4. The van der Waals surface area contributed by atoms with Crippen LogP contribution >= 0.6 is 23.2 Å². The molecule has 0 bridgehead atoms. The minimum Gasteiger partial charge on any atom is -0.436 e. The van der Waals surface area contributed by atoms with Crippen LogP contribution in [0.2, 0.25) is 10.0 Å². The van der Waals surface area contributed by atoms with E-state index in [1.807, 2.05) is 60.7 Å². The van der Waals surface area contributed by atoms with Crippen LogP contribution in [0.4, 0.5) is 11.4 Å². The summed E-state index contributed by atoms with van der Waals surface area (Å²) in [6.45, 7) is 0.224. The normalized spacial score (nSPS) is 12.0. The molecule has 2 heterocycles. The molecule has 4 aromatic carbocycles. The van der Waals surface area contributed by atoms with Crippen LogP contribution in [-0.2, 0) is 6.54 Å². The largest absolute Gasteiger partial charge is 0.436 e. The Bertz CT molecular complexity index is 1760. The predicted octanol–water partition coefficient (Wildman–Crippen LogP) is 8.26. The fourth-order valence-electron chi connectivity index (χ4n) is 4.64. The van der Waals surface area contributed by atoms with E-state index in [0.29, 0.717) is 28.6 Å². The number of carbonyl (C=O) groups excluding carboxylic acids is 2. The fraction of sp³-hybridized carbons (Fsp3) is 0.0312. The maximum atomic E-state index is 13.9. The van der Waals surface area contributed by atoms with Crippen molar-refractivity contribution in [3.05, 3.63) is 136 Å². The third-order valence-electron chi connectivity index (χ3n) is 6.58. The molecule has 40 heavy (non-hydrogen) atoms. The molecule has 5 aromatic rings. The van der Waals surface area contributed by atoms with Crippen molar-refractivity contribution in [3.63, 3.8) is 0 Å². The highest BCUT2D eigenvalue weighted by atomic mass is 35.5. The quantitative estimate of drug-likeness (QED) is 0.238. The van der Waals surface area contributed by atoms with Crippen molar-refractivity contribution in [2.24, 2.45) is 0 Å². The van der Waals surface area contributed by atoms with Crippen LogP contribution in [0.5, 0.6) is 11.6 Å². The number of hydrogen-bond donors (Lipinski definition) is 1. The van der Waals surface area contributed by atoms with Gasteiger partial charge in [0, 0.05) is 17.3 Å². The molecule has 0 aliphatic carbocycles. The second kappa shape index (κ2) is 10.8. The molecule has 1 aliphatic rings.